The lowest BCUT2D eigenvalue weighted by Crippen LogP contribution is -1.85. The van der Waals surface area contributed by atoms with E-state index in [0.717, 1.165) is 0 Å². The highest BCUT2D eigenvalue weighted by atomic mass is 32.1. The first-order valence-electron chi connectivity index (χ1n) is 10.4. The maximum absolute atomic E-state index is 2.37. The van der Waals surface area contributed by atoms with Crippen molar-refractivity contribution in [1.82, 2.24) is 0 Å². The van der Waals surface area contributed by atoms with Crippen LogP contribution in [0.3, 0.4) is 0 Å². The lowest BCUT2D eigenvalue weighted by atomic mass is 9.97. The number of aryl methyl sites for hydroxylation is 5. The molecule has 1 heteroatoms. The standard InChI is InChI=1S/C29H28S/c1-19-6-10-24(11-7-19)12-15-28-27(25-13-8-20(2)16-22(25)4)18-29(30-28)26-14-9-21(3)17-23(26)5/h6-18H,1-5H3/b15-12+. The van der Waals surface area contributed by atoms with E-state index in [0.29, 0.717) is 0 Å². The largest absolute Gasteiger partial charge is 0.135 e. The van der Waals surface area contributed by atoms with E-state index < -0.39 is 0 Å². The second kappa shape index (κ2) is 8.45. The van der Waals surface area contributed by atoms with E-state index in [4.69, 9.17) is 0 Å². The summed E-state index contributed by atoms with van der Waals surface area (Å²) in [5.74, 6) is 0. The maximum Gasteiger partial charge on any atom is 0.0358 e. The van der Waals surface area contributed by atoms with Crippen molar-refractivity contribution in [2.24, 2.45) is 0 Å². The van der Waals surface area contributed by atoms with E-state index in [1.54, 1.807) is 0 Å². The predicted molar refractivity (Wildman–Crippen MR) is 134 cm³/mol. The van der Waals surface area contributed by atoms with Gasteiger partial charge in [0.05, 0.1) is 0 Å². The van der Waals surface area contributed by atoms with Crippen molar-refractivity contribution in [3.8, 4) is 21.6 Å². The summed E-state index contributed by atoms with van der Waals surface area (Å²) in [6, 6.07) is 24.6. The van der Waals surface area contributed by atoms with Crippen molar-refractivity contribution >= 4 is 23.5 Å². The van der Waals surface area contributed by atoms with E-state index in [1.807, 2.05) is 11.3 Å². The zero-order chi connectivity index (χ0) is 21.3. The lowest BCUT2D eigenvalue weighted by molar-refractivity contribution is 1.38. The van der Waals surface area contributed by atoms with Gasteiger partial charge in [-0.05, 0) is 74.6 Å². The summed E-state index contributed by atoms with van der Waals surface area (Å²) in [6.07, 6.45) is 4.50. The van der Waals surface area contributed by atoms with Crippen LogP contribution in [0.25, 0.3) is 33.7 Å². The zero-order valence-electron chi connectivity index (χ0n) is 18.4. The summed E-state index contributed by atoms with van der Waals surface area (Å²) in [4.78, 5) is 2.63. The van der Waals surface area contributed by atoms with Gasteiger partial charge in [0.2, 0.25) is 0 Å². The van der Waals surface area contributed by atoms with Gasteiger partial charge in [-0.1, -0.05) is 83.4 Å². The molecular formula is C29H28S. The Morgan fingerprint density at radius 1 is 0.533 bits per heavy atom. The van der Waals surface area contributed by atoms with Crippen molar-refractivity contribution in [3.63, 3.8) is 0 Å². The van der Waals surface area contributed by atoms with E-state index in [9.17, 15) is 0 Å². The van der Waals surface area contributed by atoms with Crippen LogP contribution in [0.15, 0.2) is 66.7 Å². The molecule has 3 aromatic carbocycles. The van der Waals surface area contributed by atoms with E-state index in [1.165, 1.54) is 59.8 Å². The third-order valence-corrected chi connectivity index (χ3v) is 6.72. The Hall–Kier alpha value is -2.90. The first-order chi connectivity index (χ1) is 14.4. The van der Waals surface area contributed by atoms with Crippen LogP contribution in [0.2, 0.25) is 0 Å². The number of benzene rings is 3. The van der Waals surface area contributed by atoms with Gasteiger partial charge in [0.25, 0.3) is 0 Å². The van der Waals surface area contributed by atoms with Crippen molar-refractivity contribution in [1.29, 1.82) is 0 Å². The Bertz CT molecular complexity index is 1220. The maximum atomic E-state index is 2.37. The molecule has 0 N–H and O–H groups in total. The molecule has 0 amide bonds. The third kappa shape index (κ3) is 4.32. The van der Waals surface area contributed by atoms with E-state index in [-0.39, 0.29) is 0 Å². The normalized spacial score (nSPS) is 11.4. The highest BCUT2D eigenvalue weighted by Crippen LogP contribution is 2.40. The van der Waals surface area contributed by atoms with Gasteiger partial charge >= 0.3 is 0 Å². The quantitative estimate of drug-likeness (QED) is 0.316. The molecule has 4 aromatic rings. The van der Waals surface area contributed by atoms with Gasteiger partial charge in [-0.15, -0.1) is 11.3 Å². The van der Waals surface area contributed by atoms with Gasteiger partial charge < -0.3 is 0 Å². The van der Waals surface area contributed by atoms with Gasteiger partial charge in [-0.25, -0.2) is 0 Å². The average Bonchev–Trinajstić information content (AvgIpc) is 3.11. The number of rotatable bonds is 4. The first-order valence-corrected chi connectivity index (χ1v) is 11.3. The molecule has 0 aliphatic rings. The van der Waals surface area contributed by atoms with Crippen LogP contribution in [0, 0.1) is 34.6 Å². The van der Waals surface area contributed by atoms with Crippen molar-refractivity contribution in [2.75, 3.05) is 0 Å². The third-order valence-electron chi connectivity index (χ3n) is 5.58. The smallest absolute Gasteiger partial charge is 0.0358 e. The fraction of sp³-hybridized carbons (Fsp3) is 0.172. The summed E-state index contributed by atoms with van der Waals surface area (Å²) in [5.41, 5.74) is 11.7. The SMILES string of the molecule is Cc1ccc(/C=C/c2sc(-c3ccc(C)cc3C)cc2-c2ccc(C)cc2C)cc1. The van der Waals surface area contributed by atoms with Gasteiger partial charge in [-0.3, -0.25) is 0 Å². The molecule has 0 saturated carbocycles. The van der Waals surface area contributed by atoms with E-state index in [2.05, 4.69) is 114 Å². The molecule has 0 fully saturated rings. The minimum atomic E-state index is 1.23. The van der Waals surface area contributed by atoms with Crippen molar-refractivity contribution in [3.05, 3.63) is 105 Å². The Morgan fingerprint density at radius 2 is 1.10 bits per heavy atom. The molecule has 1 heterocycles. The minimum absolute atomic E-state index is 1.23. The van der Waals surface area contributed by atoms with Crippen LogP contribution < -0.4 is 0 Å². The summed E-state index contributed by atoms with van der Waals surface area (Å²) in [5, 5.41) is 0. The van der Waals surface area contributed by atoms with Crippen LogP contribution in [0.5, 0.6) is 0 Å². The molecule has 0 aliphatic heterocycles. The van der Waals surface area contributed by atoms with Crippen LogP contribution in [-0.2, 0) is 0 Å². The Labute approximate surface area is 184 Å². The number of hydrogen-bond acceptors (Lipinski definition) is 1. The molecule has 0 radical (unpaired) electrons. The second-order valence-corrected chi connectivity index (χ2v) is 9.35. The molecule has 0 atom stereocenters. The van der Waals surface area contributed by atoms with Gasteiger partial charge in [0.1, 0.15) is 0 Å². The molecule has 4 rings (SSSR count). The van der Waals surface area contributed by atoms with Gasteiger partial charge in [0, 0.05) is 15.3 Å². The molecule has 0 aliphatic carbocycles. The highest BCUT2D eigenvalue weighted by molar-refractivity contribution is 7.17. The lowest BCUT2D eigenvalue weighted by Gasteiger charge is -2.07. The summed E-state index contributed by atoms with van der Waals surface area (Å²) in [6.45, 7) is 10.9. The molecule has 0 saturated heterocycles. The minimum Gasteiger partial charge on any atom is -0.135 e. The van der Waals surface area contributed by atoms with Crippen LogP contribution in [0.1, 0.15) is 38.3 Å². The average molecular weight is 409 g/mol. The molecular weight excluding hydrogens is 380 g/mol. The highest BCUT2D eigenvalue weighted by Gasteiger charge is 2.14. The molecule has 0 unspecified atom stereocenters. The number of hydrogen-bond donors (Lipinski definition) is 0. The molecule has 1 aromatic heterocycles. The Morgan fingerprint density at radius 3 is 1.70 bits per heavy atom. The summed E-state index contributed by atoms with van der Waals surface area (Å²) >= 11 is 1.88. The topological polar surface area (TPSA) is 0 Å². The summed E-state index contributed by atoms with van der Waals surface area (Å²) in [7, 11) is 0. The van der Waals surface area contributed by atoms with Crippen molar-refractivity contribution < 1.29 is 0 Å². The summed E-state index contributed by atoms with van der Waals surface area (Å²) < 4.78 is 0. The zero-order valence-corrected chi connectivity index (χ0v) is 19.2. The Kier molecular flexibility index (Phi) is 5.74. The van der Waals surface area contributed by atoms with E-state index >= 15 is 0 Å². The van der Waals surface area contributed by atoms with Crippen LogP contribution >= 0.6 is 11.3 Å². The van der Waals surface area contributed by atoms with Gasteiger partial charge in [-0.2, -0.15) is 0 Å². The Balaban J connectivity index is 1.84. The van der Waals surface area contributed by atoms with Crippen LogP contribution in [-0.4, -0.2) is 0 Å². The second-order valence-electron chi connectivity index (χ2n) is 8.27. The molecule has 150 valence electrons. The first kappa shape index (κ1) is 20.4. The number of thiophene rings is 1. The monoisotopic (exact) mass is 408 g/mol. The molecule has 0 spiro atoms. The fourth-order valence-corrected chi connectivity index (χ4v) is 5.10. The molecule has 0 nitrogen and oxygen atoms in total. The van der Waals surface area contributed by atoms with Gasteiger partial charge in [0.15, 0.2) is 0 Å². The van der Waals surface area contributed by atoms with Crippen molar-refractivity contribution in [2.45, 2.75) is 34.6 Å². The molecule has 0 bridgehead atoms. The molecule has 30 heavy (non-hydrogen) atoms. The van der Waals surface area contributed by atoms with Crippen LogP contribution in [0.4, 0.5) is 0 Å². The fourth-order valence-electron chi connectivity index (χ4n) is 3.93. The predicted octanol–water partition coefficient (Wildman–Crippen LogP) is 8.79.